The molecule has 0 aliphatic carbocycles. The largest absolute Gasteiger partial charge is 0.484 e. The average Bonchev–Trinajstić information content (AvgIpc) is 3.50. The molecule has 3 heterocycles. The lowest BCUT2D eigenvalue weighted by molar-refractivity contribution is -0.118. The van der Waals surface area contributed by atoms with Crippen LogP contribution in [0.25, 0.3) is 11.3 Å². The van der Waals surface area contributed by atoms with Gasteiger partial charge in [0, 0.05) is 30.4 Å². The number of ether oxygens (including phenoxy) is 3. The molecule has 1 fully saturated rings. The predicted octanol–water partition coefficient (Wildman–Crippen LogP) is 3.49. The minimum Gasteiger partial charge on any atom is -0.484 e. The molecule has 8 nitrogen and oxygen atoms in total. The summed E-state index contributed by atoms with van der Waals surface area (Å²) in [6, 6.07) is 16.7. The van der Waals surface area contributed by atoms with Gasteiger partial charge in [-0.3, -0.25) is 4.79 Å². The number of carbonyl (C=O) groups is 1. The number of nitrogens with one attached hydrogen (secondary N) is 1. The van der Waals surface area contributed by atoms with E-state index in [1.54, 1.807) is 18.2 Å². The molecule has 0 atom stereocenters. The zero-order valence-corrected chi connectivity index (χ0v) is 16.9. The van der Waals surface area contributed by atoms with Gasteiger partial charge in [-0.15, -0.1) is 10.2 Å². The monoisotopic (exact) mass is 418 g/mol. The number of hydrogen-bond donors (Lipinski definition) is 1. The zero-order chi connectivity index (χ0) is 21.0. The number of carbonyl (C=O) groups excluding carboxylic acids is 1. The van der Waals surface area contributed by atoms with E-state index in [4.69, 9.17) is 14.2 Å². The second kappa shape index (κ2) is 8.51. The fourth-order valence-corrected chi connectivity index (χ4v) is 3.63. The summed E-state index contributed by atoms with van der Waals surface area (Å²) < 4.78 is 16.1. The molecule has 31 heavy (non-hydrogen) atoms. The maximum absolute atomic E-state index is 12.2. The minimum absolute atomic E-state index is 0.106. The van der Waals surface area contributed by atoms with Crippen LogP contribution < -0.4 is 24.4 Å². The SMILES string of the molecule is O=C(COc1ccc2c(c1)OCO2)Nc1ccc(-c2ccc(N3CCCC3)nn2)cc1. The number of aromatic nitrogens is 2. The van der Waals surface area contributed by atoms with Crippen molar-refractivity contribution in [1.82, 2.24) is 10.2 Å². The lowest BCUT2D eigenvalue weighted by Crippen LogP contribution is -2.20. The molecule has 1 aromatic heterocycles. The molecule has 2 aromatic carbocycles. The van der Waals surface area contributed by atoms with Gasteiger partial charge in [0.05, 0.1) is 5.69 Å². The van der Waals surface area contributed by atoms with E-state index in [1.807, 2.05) is 36.4 Å². The number of benzene rings is 2. The Morgan fingerprint density at radius 2 is 1.77 bits per heavy atom. The van der Waals surface area contributed by atoms with Crippen LogP contribution in [0.15, 0.2) is 54.6 Å². The summed E-state index contributed by atoms with van der Waals surface area (Å²) in [4.78, 5) is 14.5. The van der Waals surface area contributed by atoms with Gasteiger partial charge in [-0.2, -0.15) is 0 Å². The van der Waals surface area contributed by atoms with Crippen LogP contribution in [0.5, 0.6) is 17.2 Å². The Balaban J connectivity index is 1.16. The molecule has 0 radical (unpaired) electrons. The standard InChI is InChI=1S/C23H22N4O4/c28-23(14-29-18-7-9-20-21(13-18)31-15-30-20)24-17-5-3-16(4-6-17)19-8-10-22(26-25-19)27-11-1-2-12-27/h3-10,13H,1-2,11-12,14-15H2,(H,24,28). The first-order valence-corrected chi connectivity index (χ1v) is 10.3. The molecule has 8 heteroatoms. The van der Waals surface area contributed by atoms with Crippen molar-refractivity contribution in [2.45, 2.75) is 12.8 Å². The summed E-state index contributed by atoms with van der Waals surface area (Å²) in [5.41, 5.74) is 2.42. The van der Waals surface area contributed by atoms with Gasteiger partial charge in [-0.25, -0.2) is 0 Å². The van der Waals surface area contributed by atoms with Crippen molar-refractivity contribution in [3.63, 3.8) is 0 Å². The van der Waals surface area contributed by atoms with Gasteiger partial charge in [-0.05, 0) is 49.2 Å². The second-order valence-electron chi connectivity index (χ2n) is 7.40. The molecular weight excluding hydrogens is 396 g/mol. The van der Waals surface area contributed by atoms with E-state index >= 15 is 0 Å². The van der Waals surface area contributed by atoms with Crippen LogP contribution in [-0.2, 0) is 4.79 Å². The predicted molar refractivity (Wildman–Crippen MR) is 116 cm³/mol. The Hall–Kier alpha value is -3.81. The Morgan fingerprint density at radius 1 is 0.968 bits per heavy atom. The maximum Gasteiger partial charge on any atom is 0.262 e. The molecule has 1 amide bonds. The van der Waals surface area contributed by atoms with E-state index in [9.17, 15) is 4.79 Å². The van der Waals surface area contributed by atoms with Crippen molar-refractivity contribution < 1.29 is 19.0 Å². The van der Waals surface area contributed by atoms with Crippen LogP contribution in [0.1, 0.15) is 12.8 Å². The first kappa shape index (κ1) is 19.2. The summed E-state index contributed by atoms with van der Waals surface area (Å²) in [5, 5.41) is 11.5. The number of hydrogen-bond acceptors (Lipinski definition) is 7. The minimum atomic E-state index is -0.250. The average molecular weight is 418 g/mol. The van der Waals surface area contributed by atoms with Crippen LogP contribution in [-0.4, -0.2) is 42.6 Å². The Labute approximate surface area is 179 Å². The Bertz CT molecular complexity index is 1060. The molecule has 158 valence electrons. The highest BCUT2D eigenvalue weighted by molar-refractivity contribution is 5.92. The fourth-order valence-electron chi connectivity index (χ4n) is 3.63. The first-order chi connectivity index (χ1) is 15.2. The summed E-state index contributed by atoms with van der Waals surface area (Å²) >= 11 is 0. The van der Waals surface area contributed by atoms with Crippen molar-refractivity contribution >= 4 is 17.4 Å². The fraction of sp³-hybridized carbons (Fsp3) is 0.261. The van der Waals surface area contributed by atoms with Gasteiger partial charge < -0.3 is 24.4 Å². The highest BCUT2D eigenvalue weighted by Crippen LogP contribution is 2.35. The lowest BCUT2D eigenvalue weighted by Gasteiger charge is -2.15. The van der Waals surface area contributed by atoms with Gasteiger partial charge in [0.25, 0.3) is 5.91 Å². The molecule has 0 unspecified atom stereocenters. The molecule has 1 saturated heterocycles. The van der Waals surface area contributed by atoms with E-state index < -0.39 is 0 Å². The van der Waals surface area contributed by atoms with E-state index in [1.165, 1.54) is 12.8 Å². The highest BCUT2D eigenvalue weighted by atomic mass is 16.7. The van der Waals surface area contributed by atoms with Crippen molar-refractivity contribution in [3.8, 4) is 28.5 Å². The Kier molecular flexibility index (Phi) is 5.26. The van der Waals surface area contributed by atoms with Gasteiger partial charge in [-0.1, -0.05) is 12.1 Å². The normalized spacial score (nSPS) is 14.5. The number of rotatable bonds is 6. The molecule has 0 bridgehead atoms. The second-order valence-corrected chi connectivity index (χ2v) is 7.40. The molecule has 5 rings (SSSR count). The highest BCUT2D eigenvalue weighted by Gasteiger charge is 2.15. The number of fused-ring (bicyclic) bond motifs is 1. The molecule has 2 aliphatic rings. The summed E-state index contributed by atoms with van der Waals surface area (Å²) in [6.07, 6.45) is 2.41. The number of nitrogens with zero attached hydrogens (tertiary/aromatic N) is 3. The van der Waals surface area contributed by atoms with Crippen LogP contribution in [0.4, 0.5) is 11.5 Å². The molecule has 0 saturated carbocycles. The van der Waals surface area contributed by atoms with Gasteiger partial charge >= 0.3 is 0 Å². The lowest BCUT2D eigenvalue weighted by atomic mass is 10.1. The molecule has 0 spiro atoms. The third-order valence-corrected chi connectivity index (χ3v) is 5.26. The van der Waals surface area contributed by atoms with Gasteiger partial charge in [0.1, 0.15) is 5.75 Å². The van der Waals surface area contributed by atoms with Crippen LogP contribution in [0.3, 0.4) is 0 Å². The molecule has 1 N–H and O–H groups in total. The third kappa shape index (κ3) is 4.37. The van der Waals surface area contributed by atoms with Crippen LogP contribution in [0, 0.1) is 0 Å². The molecule has 3 aromatic rings. The van der Waals surface area contributed by atoms with Crippen molar-refractivity contribution in [2.24, 2.45) is 0 Å². The van der Waals surface area contributed by atoms with Gasteiger partial charge in [0.2, 0.25) is 6.79 Å². The molecular formula is C23H22N4O4. The maximum atomic E-state index is 12.2. The van der Waals surface area contributed by atoms with Crippen molar-refractivity contribution in [1.29, 1.82) is 0 Å². The van der Waals surface area contributed by atoms with E-state index in [0.29, 0.717) is 22.9 Å². The van der Waals surface area contributed by atoms with E-state index in [2.05, 4.69) is 20.4 Å². The first-order valence-electron chi connectivity index (χ1n) is 10.3. The third-order valence-electron chi connectivity index (χ3n) is 5.26. The number of amides is 1. The zero-order valence-electron chi connectivity index (χ0n) is 16.9. The van der Waals surface area contributed by atoms with Crippen LogP contribution >= 0.6 is 0 Å². The van der Waals surface area contributed by atoms with Crippen LogP contribution in [0.2, 0.25) is 0 Å². The topological polar surface area (TPSA) is 85.8 Å². The van der Waals surface area contributed by atoms with Crippen molar-refractivity contribution in [2.75, 3.05) is 36.7 Å². The molecule has 2 aliphatic heterocycles. The quantitative estimate of drug-likeness (QED) is 0.656. The summed E-state index contributed by atoms with van der Waals surface area (Å²) in [7, 11) is 0. The van der Waals surface area contributed by atoms with E-state index in [0.717, 1.165) is 30.2 Å². The van der Waals surface area contributed by atoms with Gasteiger partial charge in [0.15, 0.2) is 23.9 Å². The Morgan fingerprint density at radius 3 is 2.55 bits per heavy atom. The summed E-state index contributed by atoms with van der Waals surface area (Å²) in [5.74, 6) is 2.51. The summed E-state index contributed by atoms with van der Waals surface area (Å²) in [6.45, 7) is 2.18. The number of anilines is 2. The van der Waals surface area contributed by atoms with E-state index in [-0.39, 0.29) is 19.3 Å². The smallest absolute Gasteiger partial charge is 0.262 e. The van der Waals surface area contributed by atoms with Crippen molar-refractivity contribution in [3.05, 3.63) is 54.6 Å².